The summed E-state index contributed by atoms with van der Waals surface area (Å²) < 4.78 is 26.7. The maximum absolute atomic E-state index is 13.6. The van der Waals surface area contributed by atoms with E-state index in [9.17, 15) is 18.0 Å². The Hall–Kier alpha value is -3.10. The molecule has 0 saturated carbocycles. The number of rotatable bonds is 9. The Bertz CT molecular complexity index is 1290. The fourth-order valence-electron chi connectivity index (χ4n) is 3.74. The number of benzene rings is 3. The van der Waals surface area contributed by atoms with Gasteiger partial charge in [-0.2, -0.15) is 0 Å². The highest BCUT2D eigenvalue weighted by atomic mass is 35.5. The van der Waals surface area contributed by atoms with Gasteiger partial charge < -0.3 is 10.2 Å². The van der Waals surface area contributed by atoms with E-state index in [0.29, 0.717) is 28.2 Å². The summed E-state index contributed by atoms with van der Waals surface area (Å²) in [5, 5.41) is 4.74. The van der Waals surface area contributed by atoms with E-state index < -0.39 is 28.5 Å². The first-order valence-electron chi connectivity index (χ1n) is 10.9. The minimum absolute atomic E-state index is 0.0595. The number of sulfonamides is 1. The molecular formula is C25H28ClN3O4S. The van der Waals surface area contributed by atoms with Gasteiger partial charge in [-0.25, -0.2) is 8.42 Å². The number of likely N-dealkylation sites (N-methyl/N-ethyl adjacent to an activating group) is 1. The van der Waals surface area contributed by atoms with Crippen LogP contribution in [0.3, 0.4) is 0 Å². The molecule has 0 aliphatic rings. The minimum Gasteiger partial charge on any atom is -0.355 e. The van der Waals surface area contributed by atoms with Gasteiger partial charge in [0.15, 0.2) is 0 Å². The number of carbonyl (C=O) groups is 2. The zero-order valence-corrected chi connectivity index (χ0v) is 20.9. The fraction of sp³-hybridized carbons (Fsp3) is 0.280. The van der Waals surface area contributed by atoms with E-state index in [1.54, 1.807) is 50.2 Å². The first-order chi connectivity index (χ1) is 16.1. The summed E-state index contributed by atoms with van der Waals surface area (Å²) in [6, 6.07) is 18.9. The Morgan fingerprint density at radius 1 is 1.00 bits per heavy atom. The highest BCUT2D eigenvalue weighted by molar-refractivity contribution is 7.92. The summed E-state index contributed by atoms with van der Waals surface area (Å²) in [5.74, 6) is -0.851. The van der Waals surface area contributed by atoms with Gasteiger partial charge in [-0.3, -0.25) is 13.9 Å². The first-order valence-corrected chi connectivity index (χ1v) is 13.1. The summed E-state index contributed by atoms with van der Waals surface area (Å²) in [6.45, 7) is 3.41. The van der Waals surface area contributed by atoms with Crippen molar-refractivity contribution in [2.45, 2.75) is 26.4 Å². The molecular weight excluding hydrogens is 474 g/mol. The second-order valence-electron chi connectivity index (χ2n) is 7.95. The standard InChI is InChI=1S/C25H28ClN3O4S/c1-4-27-25(31)18(2)28(16-20-11-6-8-14-22(20)26)24(30)17-29(34(3,32)33)23-15-9-12-19-10-5-7-13-21(19)23/h5-15,18H,4,16-17H2,1-3H3,(H,27,31)/t18-/m0/s1. The highest BCUT2D eigenvalue weighted by Gasteiger charge is 2.30. The number of nitrogens with one attached hydrogen (secondary N) is 1. The van der Waals surface area contributed by atoms with Gasteiger partial charge in [0.05, 0.1) is 11.9 Å². The lowest BCUT2D eigenvalue weighted by Crippen LogP contribution is -2.51. The molecule has 34 heavy (non-hydrogen) atoms. The van der Waals surface area contributed by atoms with Crippen molar-refractivity contribution in [3.8, 4) is 0 Å². The van der Waals surface area contributed by atoms with Gasteiger partial charge in [-0.1, -0.05) is 66.2 Å². The minimum atomic E-state index is -3.82. The highest BCUT2D eigenvalue weighted by Crippen LogP contribution is 2.29. The molecule has 0 radical (unpaired) electrons. The normalized spacial score (nSPS) is 12.2. The van der Waals surface area contributed by atoms with E-state index in [1.165, 1.54) is 4.90 Å². The molecule has 0 spiro atoms. The lowest BCUT2D eigenvalue weighted by atomic mass is 10.1. The molecule has 0 saturated heterocycles. The summed E-state index contributed by atoms with van der Waals surface area (Å²) in [4.78, 5) is 27.6. The van der Waals surface area contributed by atoms with Gasteiger partial charge in [-0.05, 0) is 36.9 Å². The lowest BCUT2D eigenvalue weighted by Gasteiger charge is -2.32. The van der Waals surface area contributed by atoms with Crippen molar-refractivity contribution >= 4 is 49.9 Å². The van der Waals surface area contributed by atoms with Gasteiger partial charge in [0.2, 0.25) is 21.8 Å². The summed E-state index contributed by atoms with van der Waals surface area (Å²) in [7, 11) is -3.82. The van der Waals surface area contributed by atoms with Crippen LogP contribution in [0.1, 0.15) is 19.4 Å². The number of hydrogen-bond acceptors (Lipinski definition) is 4. The zero-order valence-electron chi connectivity index (χ0n) is 19.4. The molecule has 180 valence electrons. The topological polar surface area (TPSA) is 86.8 Å². The van der Waals surface area contributed by atoms with Crippen molar-refractivity contribution in [3.05, 3.63) is 77.3 Å². The van der Waals surface area contributed by atoms with Crippen LogP contribution in [0.25, 0.3) is 10.8 Å². The van der Waals surface area contributed by atoms with Crippen molar-refractivity contribution in [3.63, 3.8) is 0 Å². The summed E-state index contributed by atoms with van der Waals surface area (Å²) >= 11 is 6.31. The fourth-order valence-corrected chi connectivity index (χ4v) is 4.79. The van der Waals surface area contributed by atoms with Crippen LogP contribution < -0.4 is 9.62 Å². The largest absolute Gasteiger partial charge is 0.355 e. The quantitative estimate of drug-likeness (QED) is 0.483. The van der Waals surface area contributed by atoms with Crippen LogP contribution in [-0.2, 0) is 26.2 Å². The number of halogens is 1. The van der Waals surface area contributed by atoms with E-state index in [-0.39, 0.29) is 12.5 Å². The van der Waals surface area contributed by atoms with E-state index in [0.717, 1.165) is 15.9 Å². The molecule has 3 aromatic rings. The third-order valence-electron chi connectivity index (χ3n) is 5.53. The number of fused-ring (bicyclic) bond motifs is 1. The molecule has 9 heteroatoms. The summed E-state index contributed by atoms with van der Waals surface area (Å²) in [5.41, 5.74) is 1.06. The lowest BCUT2D eigenvalue weighted by molar-refractivity contribution is -0.139. The van der Waals surface area contributed by atoms with Gasteiger partial charge in [0, 0.05) is 23.5 Å². The van der Waals surface area contributed by atoms with Crippen molar-refractivity contribution in [1.29, 1.82) is 0 Å². The van der Waals surface area contributed by atoms with E-state index in [4.69, 9.17) is 11.6 Å². The van der Waals surface area contributed by atoms with Crippen LogP contribution in [0, 0.1) is 0 Å². The maximum Gasteiger partial charge on any atom is 0.244 e. The van der Waals surface area contributed by atoms with Crippen molar-refractivity contribution in [2.24, 2.45) is 0 Å². The predicted octanol–water partition coefficient (Wildman–Crippen LogP) is 3.81. The molecule has 0 bridgehead atoms. The molecule has 0 aliphatic carbocycles. The molecule has 2 amide bonds. The Labute approximate surface area is 205 Å². The second-order valence-corrected chi connectivity index (χ2v) is 10.3. The third-order valence-corrected chi connectivity index (χ3v) is 7.03. The van der Waals surface area contributed by atoms with Gasteiger partial charge in [0.1, 0.15) is 12.6 Å². The molecule has 0 fully saturated rings. The van der Waals surface area contributed by atoms with Crippen molar-refractivity contribution in [2.75, 3.05) is 23.7 Å². The molecule has 3 aromatic carbocycles. The number of amides is 2. The smallest absolute Gasteiger partial charge is 0.244 e. The Kier molecular flexibility index (Phi) is 8.17. The van der Waals surface area contributed by atoms with Gasteiger partial charge in [0.25, 0.3) is 0 Å². The van der Waals surface area contributed by atoms with Gasteiger partial charge >= 0.3 is 0 Å². The first kappa shape index (κ1) is 25.5. The SMILES string of the molecule is CCNC(=O)[C@H](C)N(Cc1ccccc1Cl)C(=O)CN(c1cccc2ccccc12)S(C)(=O)=O. The summed E-state index contributed by atoms with van der Waals surface area (Å²) in [6.07, 6.45) is 1.06. The van der Waals surface area contributed by atoms with Crippen LogP contribution in [0.15, 0.2) is 66.7 Å². The molecule has 1 N–H and O–H groups in total. The van der Waals surface area contributed by atoms with E-state index in [1.807, 2.05) is 30.3 Å². The van der Waals surface area contributed by atoms with Crippen LogP contribution in [0.4, 0.5) is 5.69 Å². The number of anilines is 1. The van der Waals surface area contributed by atoms with E-state index >= 15 is 0 Å². The van der Waals surface area contributed by atoms with Crippen LogP contribution in [-0.4, -0.2) is 50.5 Å². The van der Waals surface area contributed by atoms with Crippen LogP contribution in [0.2, 0.25) is 5.02 Å². The molecule has 7 nitrogen and oxygen atoms in total. The molecule has 1 atom stereocenters. The number of nitrogens with zero attached hydrogens (tertiary/aromatic N) is 2. The molecule has 0 heterocycles. The van der Waals surface area contributed by atoms with Crippen LogP contribution in [0.5, 0.6) is 0 Å². The second kappa shape index (κ2) is 10.9. The average Bonchev–Trinajstić information content (AvgIpc) is 2.80. The molecule has 0 aromatic heterocycles. The van der Waals surface area contributed by atoms with Crippen LogP contribution >= 0.6 is 11.6 Å². The zero-order chi connectivity index (χ0) is 24.9. The molecule has 0 aliphatic heterocycles. The maximum atomic E-state index is 13.6. The van der Waals surface area contributed by atoms with Crippen molar-refractivity contribution in [1.82, 2.24) is 10.2 Å². The van der Waals surface area contributed by atoms with Gasteiger partial charge in [-0.15, -0.1) is 0 Å². The Morgan fingerprint density at radius 3 is 2.32 bits per heavy atom. The van der Waals surface area contributed by atoms with Crippen molar-refractivity contribution < 1.29 is 18.0 Å². The monoisotopic (exact) mass is 501 g/mol. The Morgan fingerprint density at radius 2 is 1.65 bits per heavy atom. The van der Waals surface area contributed by atoms with E-state index in [2.05, 4.69) is 5.32 Å². The third kappa shape index (κ3) is 5.87. The predicted molar refractivity (Wildman–Crippen MR) is 136 cm³/mol. The Balaban J connectivity index is 2.01. The number of hydrogen-bond donors (Lipinski definition) is 1. The number of carbonyl (C=O) groups excluding carboxylic acids is 2. The molecule has 0 unspecified atom stereocenters. The average molecular weight is 502 g/mol. The molecule has 3 rings (SSSR count).